The summed E-state index contributed by atoms with van der Waals surface area (Å²) in [6, 6.07) is 3.03. The molecule has 0 radical (unpaired) electrons. The quantitative estimate of drug-likeness (QED) is 0.208. The summed E-state index contributed by atoms with van der Waals surface area (Å²) in [5.41, 5.74) is 10.4. The van der Waals surface area contributed by atoms with Crippen LogP contribution in [0.15, 0.2) is 12.1 Å². The van der Waals surface area contributed by atoms with E-state index in [-0.39, 0.29) is 29.2 Å². The number of aromatic hydroxyl groups is 1. The predicted molar refractivity (Wildman–Crippen MR) is 112 cm³/mol. The Hall–Kier alpha value is -2.38. The van der Waals surface area contributed by atoms with Gasteiger partial charge < -0.3 is 41.8 Å². The fourth-order valence-electron chi connectivity index (χ4n) is 3.92. The molecule has 3 rings (SSSR count). The molecule has 0 unspecified atom stereocenters. The Balaban J connectivity index is 1.61. The second-order valence-corrected chi connectivity index (χ2v) is 8.50. The van der Waals surface area contributed by atoms with Crippen molar-refractivity contribution >= 4 is 19.0 Å². The number of rotatable bonds is 10. The zero-order chi connectivity index (χ0) is 22.9. The van der Waals surface area contributed by atoms with E-state index in [1.54, 1.807) is 13.0 Å². The number of likely N-dealkylation sites (tertiary alicyclic amines) is 1. The van der Waals surface area contributed by atoms with Gasteiger partial charge in [-0.15, -0.1) is 0 Å². The molecule has 0 aromatic heterocycles. The van der Waals surface area contributed by atoms with E-state index in [9.17, 15) is 29.9 Å². The molecule has 2 aliphatic rings. The third-order valence-electron chi connectivity index (χ3n) is 5.72. The maximum absolute atomic E-state index is 12.1. The highest BCUT2D eigenvalue weighted by Crippen LogP contribution is 2.56. The number of carboxylic acid groups (broad SMARTS) is 1. The normalized spacial score (nSPS) is 22.9. The molecule has 9 N–H and O–H groups in total. The summed E-state index contributed by atoms with van der Waals surface area (Å²) < 4.78 is 5.78. The first-order chi connectivity index (χ1) is 14.5. The van der Waals surface area contributed by atoms with E-state index in [0.717, 1.165) is 0 Å². The number of benzene rings is 1. The highest BCUT2D eigenvalue weighted by atomic mass is 16.5. The van der Waals surface area contributed by atoms with Gasteiger partial charge in [-0.1, -0.05) is 6.07 Å². The first kappa shape index (κ1) is 23.3. The number of carbonyl (C=O) groups is 2. The second-order valence-electron chi connectivity index (χ2n) is 8.50. The van der Waals surface area contributed by atoms with Crippen LogP contribution in [0.1, 0.15) is 35.2 Å². The van der Waals surface area contributed by atoms with Crippen LogP contribution in [0.5, 0.6) is 11.5 Å². The average Bonchev–Trinajstić information content (AvgIpc) is 3.44. The third-order valence-corrected chi connectivity index (χ3v) is 5.72. The summed E-state index contributed by atoms with van der Waals surface area (Å²) in [7, 11) is -1.51. The highest BCUT2D eigenvalue weighted by Gasteiger charge is 2.48. The second kappa shape index (κ2) is 9.01. The van der Waals surface area contributed by atoms with Gasteiger partial charge in [0.1, 0.15) is 28.7 Å². The van der Waals surface area contributed by atoms with Crippen molar-refractivity contribution in [1.29, 1.82) is 0 Å². The van der Waals surface area contributed by atoms with E-state index in [2.05, 4.69) is 5.32 Å². The van der Waals surface area contributed by atoms with E-state index >= 15 is 0 Å². The molecule has 11 nitrogen and oxygen atoms in total. The molecule has 1 heterocycles. The van der Waals surface area contributed by atoms with Crippen molar-refractivity contribution in [3.8, 4) is 11.5 Å². The van der Waals surface area contributed by atoms with Gasteiger partial charge in [-0.05, 0) is 30.9 Å². The lowest BCUT2D eigenvalue weighted by molar-refractivity contribution is -0.127. The van der Waals surface area contributed by atoms with Crippen molar-refractivity contribution in [3.05, 3.63) is 23.3 Å². The van der Waals surface area contributed by atoms with Gasteiger partial charge in [0.15, 0.2) is 0 Å². The Morgan fingerprint density at radius 3 is 2.58 bits per heavy atom. The van der Waals surface area contributed by atoms with Crippen molar-refractivity contribution in [2.45, 2.75) is 36.7 Å². The maximum atomic E-state index is 12.1. The topological polar surface area (TPSA) is 192 Å². The minimum Gasteiger partial charge on any atom is -0.507 e. The number of aromatic carboxylic acids is 1. The molecule has 3 atom stereocenters. The molecule has 0 spiro atoms. The van der Waals surface area contributed by atoms with Crippen LogP contribution < -0.4 is 21.5 Å². The fraction of sp³-hybridized carbons (Fsp3) is 0.579. The van der Waals surface area contributed by atoms with Crippen LogP contribution in [0.3, 0.4) is 0 Å². The standard InChI is InChI=1S/C19H29BN4O7/c1-19(22,18(28)23-5-4-21)9-24-7-10(8-24)31-14-3-2-11(12-6-13(12)20(29)30)16(25)15(14)17(26)27/h2-3,10,12-13,25,29-30H,4-9,21-22H2,1H3,(H,23,28)(H,26,27)/t12-,13-,19+/m1/s1. The van der Waals surface area contributed by atoms with Gasteiger partial charge in [-0.2, -0.15) is 0 Å². The molecule has 0 bridgehead atoms. The minimum atomic E-state index is -1.51. The van der Waals surface area contributed by atoms with Crippen molar-refractivity contribution < 1.29 is 34.6 Å². The van der Waals surface area contributed by atoms with Gasteiger partial charge in [-0.3, -0.25) is 9.69 Å². The van der Waals surface area contributed by atoms with Gasteiger partial charge in [-0.25, -0.2) is 4.79 Å². The summed E-state index contributed by atoms with van der Waals surface area (Å²) in [5, 5.41) is 41.3. The van der Waals surface area contributed by atoms with Gasteiger partial charge in [0.25, 0.3) is 0 Å². The monoisotopic (exact) mass is 436 g/mol. The lowest BCUT2D eigenvalue weighted by Crippen LogP contribution is -2.64. The van der Waals surface area contributed by atoms with Crippen LogP contribution in [-0.4, -0.2) is 88.5 Å². The zero-order valence-corrected chi connectivity index (χ0v) is 17.3. The first-order valence-electron chi connectivity index (χ1n) is 10.2. The molecule has 1 saturated heterocycles. The first-order valence-corrected chi connectivity index (χ1v) is 10.2. The van der Waals surface area contributed by atoms with E-state index in [1.807, 2.05) is 4.90 Å². The molecule has 31 heavy (non-hydrogen) atoms. The minimum absolute atomic E-state index is 0.0383. The number of phenols is 1. The summed E-state index contributed by atoms with van der Waals surface area (Å²) >= 11 is 0. The number of carboxylic acids is 1. The lowest BCUT2D eigenvalue weighted by Gasteiger charge is -2.42. The number of nitrogens with two attached hydrogens (primary N) is 2. The third kappa shape index (κ3) is 5.10. The molecule has 1 aromatic carbocycles. The van der Waals surface area contributed by atoms with E-state index < -0.39 is 30.2 Å². The molecule has 1 amide bonds. The van der Waals surface area contributed by atoms with Crippen LogP contribution in [-0.2, 0) is 4.79 Å². The lowest BCUT2D eigenvalue weighted by atomic mass is 9.81. The molecule has 1 saturated carbocycles. The van der Waals surface area contributed by atoms with Crippen LogP contribution in [0, 0.1) is 0 Å². The molecule has 1 aliphatic heterocycles. The van der Waals surface area contributed by atoms with Crippen molar-refractivity contribution in [2.24, 2.45) is 11.5 Å². The van der Waals surface area contributed by atoms with Crippen LogP contribution >= 0.6 is 0 Å². The smallest absolute Gasteiger partial charge is 0.455 e. The van der Waals surface area contributed by atoms with Crippen molar-refractivity contribution in [2.75, 3.05) is 32.7 Å². The summed E-state index contributed by atoms with van der Waals surface area (Å²) in [4.78, 5) is 25.8. The Labute approximate surface area is 180 Å². The summed E-state index contributed by atoms with van der Waals surface area (Å²) in [6.07, 6.45) is 0.137. The number of hydrogen-bond acceptors (Lipinski definition) is 9. The SMILES string of the molecule is C[C@](N)(CN1CC(Oc2ccc([C@H]3C[C@H]3B(O)O)c(O)c2C(=O)O)C1)C(=O)NCCN. The van der Waals surface area contributed by atoms with Crippen LogP contribution in [0.25, 0.3) is 0 Å². The van der Waals surface area contributed by atoms with Gasteiger partial charge >= 0.3 is 13.1 Å². The Morgan fingerprint density at radius 2 is 2.03 bits per heavy atom. The summed E-state index contributed by atoms with van der Waals surface area (Å²) in [5.74, 6) is -2.75. The highest BCUT2D eigenvalue weighted by molar-refractivity contribution is 6.44. The van der Waals surface area contributed by atoms with Crippen molar-refractivity contribution in [1.82, 2.24) is 10.2 Å². The Morgan fingerprint density at radius 1 is 1.35 bits per heavy atom. The van der Waals surface area contributed by atoms with Crippen LogP contribution in [0.4, 0.5) is 0 Å². The Bertz CT molecular complexity index is 845. The van der Waals surface area contributed by atoms with Gasteiger partial charge in [0, 0.05) is 38.5 Å². The van der Waals surface area contributed by atoms with E-state index in [0.29, 0.717) is 44.7 Å². The fourth-order valence-corrected chi connectivity index (χ4v) is 3.92. The van der Waals surface area contributed by atoms with E-state index in [4.69, 9.17) is 16.2 Å². The number of ether oxygens (including phenoxy) is 1. The Kier molecular flexibility index (Phi) is 6.77. The molecule has 170 valence electrons. The predicted octanol–water partition coefficient (Wildman–Crippen LogP) is -1.72. The van der Waals surface area contributed by atoms with E-state index in [1.165, 1.54) is 6.07 Å². The molecular weight excluding hydrogens is 407 g/mol. The largest absolute Gasteiger partial charge is 0.507 e. The number of hydrogen-bond donors (Lipinski definition) is 7. The van der Waals surface area contributed by atoms with Crippen molar-refractivity contribution in [3.63, 3.8) is 0 Å². The zero-order valence-electron chi connectivity index (χ0n) is 17.3. The molecule has 12 heteroatoms. The number of nitrogens with zero attached hydrogens (tertiary/aromatic N) is 1. The number of nitrogens with one attached hydrogen (secondary N) is 1. The van der Waals surface area contributed by atoms with Crippen LogP contribution in [0.2, 0.25) is 5.82 Å². The molecule has 1 aliphatic carbocycles. The maximum Gasteiger partial charge on any atom is 0.455 e. The average molecular weight is 436 g/mol. The molecule has 2 fully saturated rings. The summed E-state index contributed by atoms with van der Waals surface area (Å²) in [6.45, 7) is 3.47. The molecule has 1 aromatic rings. The van der Waals surface area contributed by atoms with Gasteiger partial charge in [0.05, 0.1) is 0 Å². The molecular formula is C19H29BN4O7. The number of amides is 1. The number of carbonyl (C=O) groups excluding carboxylic acids is 1. The van der Waals surface area contributed by atoms with Gasteiger partial charge in [0.2, 0.25) is 5.91 Å².